The molecular weight excluding hydrogens is 254 g/mol. The third-order valence-electron chi connectivity index (χ3n) is 3.00. The fraction of sp³-hybridized carbons (Fsp3) is 0.417. The summed E-state index contributed by atoms with van der Waals surface area (Å²) in [5, 5.41) is -0.432. The Morgan fingerprint density at radius 3 is 2.89 bits per heavy atom. The van der Waals surface area contributed by atoms with E-state index >= 15 is 0 Å². The third kappa shape index (κ3) is 3.01. The molecular formula is C12H15NO4S. The average molecular weight is 269 g/mol. The number of rotatable bonds is 3. The maximum atomic E-state index is 11.8. The topological polar surface area (TPSA) is 67.6 Å². The van der Waals surface area contributed by atoms with Gasteiger partial charge < -0.3 is 9.32 Å². The molecule has 1 saturated heterocycles. The Bertz CT molecular complexity index is 545. The van der Waals surface area contributed by atoms with Gasteiger partial charge in [0.25, 0.3) is 0 Å². The Hall–Kier alpha value is -1.56. The van der Waals surface area contributed by atoms with Crippen LogP contribution in [0.4, 0.5) is 0 Å². The highest BCUT2D eigenvalue weighted by molar-refractivity contribution is 7.91. The van der Waals surface area contributed by atoms with Gasteiger partial charge in [0.05, 0.1) is 11.5 Å². The number of furan rings is 1. The van der Waals surface area contributed by atoms with Crippen LogP contribution in [0, 0.1) is 0 Å². The maximum Gasteiger partial charge on any atom is 0.246 e. The number of amides is 1. The number of hydrogen-bond acceptors (Lipinski definition) is 4. The van der Waals surface area contributed by atoms with E-state index in [2.05, 4.69) is 0 Å². The van der Waals surface area contributed by atoms with Gasteiger partial charge in [0.2, 0.25) is 5.91 Å². The van der Waals surface area contributed by atoms with Crippen molar-refractivity contribution in [3.05, 3.63) is 30.2 Å². The Labute approximate surface area is 106 Å². The third-order valence-corrected chi connectivity index (χ3v) is 4.59. The Kier molecular flexibility index (Phi) is 3.56. The second kappa shape index (κ2) is 4.97. The number of sulfone groups is 1. The van der Waals surface area contributed by atoms with Crippen molar-refractivity contribution in [1.82, 2.24) is 4.90 Å². The Morgan fingerprint density at radius 2 is 2.33 bits per heavy atom. The van der Waals surface area contributed by atoms with Gasteiger partial charge in [0.15, 0.2) is 9.84 Å². The summed E-state index contributed by atoms with van der Waals surface area (Å²) >= 11 is 0. The minimum absolute atomic E-state index is 0.183. The standard InChI is InChI=1S/C12H15NO4S/c1-18(15,16)11-6-7-13(9-11)12(14)5-4-10-3-2-8-17-10/h2-5,8,11H,6-7,9H2,1H3/b5-4+. The van der Waals surface area contributed by atoms with Crippen LogP contribution in [0.25, 0.3) is 6.08 Å². The molecule has 1 unspecified atom stereocenters. The zero-order chi connectivity index (χ0) is 13.2. The van der Waals surface area contributed by atoms with Crippen LogP contribution in [0.15, 0.2) is 28.9 Å². The van der Waals surface area contributed by atoms with E-state index in [-0.39, 0.29) is 12.5 Å². The molecule has 98 valence electrons. The van der Waals surface area contributed by atoms with E-state index in [1.165, 1.54) is 18.6 Å². The molecule has 0 aliphatic carbocycles. The van der Waals surface area contributed by atoms with Crippen LogP contribution in [0.2, 0.25) is 0 Å². The molecule has 2 rings (SSSR count). The molecule has 0 N–H and O–H groups in total. The van der Waals surface area contributed by atoms with E-state index in [4.69, 9.17) is 4.42 Å². The summed E-state index contributed by atoms with van der Waals surface area (Å²) in [5.74, 6) is 0.416. The van der Waals surface area contributed by atoms with Crippen molar-refractivity contribution in [1.29, 1.82) is 0 Å². The number of carbonyl (C=O) groups is 1. The van der Waals surface area contributed by atoms with Crippen molar-refractivity contribution in [2.75, 3.05) is 19.3 Å². The van der Waals surface area contributed by atoms with Crippen LogP contribution < -0.4 is 0 Å². The van der Waals surface area contributed by atoms with Crippen molar-refractivity contribution in [3.63, 3.8) is 0 Å². The van der Waals surface area contributed by atoms with Crippen LogP contribution >= 0.6 is 0 Å². The number of likely N-dealkylation sites (tertiary alicyclic amines) is 1. The smallest absolute Gasteiger partial charge is 0.246 e. The molecule has 2 heterocycles. The fourth-order valence-electron chi connectivity index (χ4n) is 1.92. The van der Waals surface area contributed by atoms with Gasteiger partial charge in [-0.2, -0.15) is 0 Å². The molecule has 0 bridgehead atoms. The predicted octanol–water partition coefficient (Wildman–Crippen LogP) is 0.938. The first-order valence-electron chi connectivity index (χ1n) is 5.66. The summed E-state index contributed by atoms with van der Waals surface area (Å²) in [5.41, 5.74) is 0. The van der Waals surface area contributed by atoms with Gasteiger partial charge in [-0.1, -0.05) is 0 Å². The zero-order valence-electron chi connectivity index (χ0n) is 10.1. The van der Waals surface area contributed by atoms with Gasteiger partial charge >= 0.3 is 0 Å². The lowest BCUT2D eigenvalue weighted by Crippen LogP contribution is -2.30. The van der Waals surface area contributed by atoms with Gasteiger partial charge in [-0.15, -0.1) is 0 Å². The molecule has 18 heavy (non-hydrogen) atoms. The van der Waals surface area contributed by atoms with Gasteiger partial charge in [0.1, 0.15) is 5.76 Å². The first-order valence-corrected chi connectivity index (χ1v) is 7.61. The first-order chi connectivity index (χ1) is 8.47. The zero-order valence-corrected chi connectivity index (χ0v) is 10.9. The Morgan fingerprint density at radius 1 is 1.56 bits per heavy atom. The second-order valence-electron chi connectivity index (χ2n) is 4.37. The normalized spacial score (nSPS) is 20.7. The molecule has 1 aliphatic heterocycles. The van der Waals surface area contributed by atoms with E-state index < -0.39 is 15.1 Å². The van der Waals surface area contributed by atoms with Crippen LogP contribution in [0.5, 0.6) is 0 Å². The van der Waals surface area contributed by atoms with Crippen LogP contribution in [0.3, 0.4) is 0 Å². The first kappa shape index (κ1) is 12.9. The van der Waals surface area contributed by atoms with E-state index in [1.54, 1.807) is 23.1 Å². The number of carbonyl (C=O) groups excluding carboxylic acids is 1. The van der Waals surface area contributed by atoms with Gasteiger partial charge in [0, 0.05) is 25.4 Å². The molecule has 1 aliphatic rings. The lowest BCUT2D eigenvalue weighted by Gasteiger charge is -2.13. The van der Waals surface area contributed by atoms with E-state index in [1.807, 2.05) is 0 Å². The van der Waals surface area contributed by atoms with Crippen molar-refractivity contribution < 1.29 is 17.6 Å². The Balaban J connectivity index is 1.96. The number of hydrogen-bond donors (Lipinski definition) is 0. The van der Waals surface area contributed by atoms with Crippen molar-refractivity contribution in [2.24, 2.45) is 0 Å². The summed E-state index contributed by atoms with van der Waals surface area (Å²) < 4.78 is 27.8. The quantitative estimate of drug-likeness (QED) is 0.766. The highest BCUT2D eigenvalue weighted by Crippen LogP contribution is 2.16. The number of nitrogens with zero attached hydrogens (tertiary/aromatic N) is 1. The monoisotopic (exact) mass is 269 g/mol. The molecule has 5 nitrogen and oxygen atoms in total. The summed E-state index contributed by atoms with van der Waals surface area (Å²) in [7, 11) is -3.06. The minimum Gasteiger partial charge on any atom is -0.465 e. The second-order valence-corrected chi connectivity index (χ2v) is 6.70. The van der Waals surface area contributed by atoms with Crippen molar-refractivity contribution in [2.45, 2.75) is 11.7 Å². The van der Waals surface area contributed by atoms with E-state index in [0.29, 0.717) is 18.7 Å². The molecule has 0 saturated carbocycles. The molecule has 1 aromatic rings. The van der Waals surface area contributed by atoms with Gasteiger partial charge in [-0.05, 0) is 24.6 Å². The molecule has 1 amide bonds. The highest BCUT2D eigenvalue weighted by Gasteiger charge is 2.31. The minimum atomic E-state index is -3.06. The average Bonchev–Trinajstić information content (AvgIpc) is 2.96. The SMILES string of the molecule is CS(=O)(=O)C1CCN(C(=O)/C=C/c2ccco2)C1. The lowest BCUT2D eigenvalue weighted by atomic mass is 10.3. The van der Waals surface area contributed by atoms with E-state index in [0.717, 1.165) is 0 Å². The molecule has 1 atom stereocenters. The molecule has 0 aromatic carbocycles. The summed E-state index contributed by atoms with van der Waals surface area (Å²) in [4.78, 5) is 13.4. The molecule has 1 aromatic heterocycles. The lowest BCUT2D eigenvalue weighted by molar-refractivity contribution is -0.124. The molecule has 0 radical (unpaired) electrons. The van der Waals surface area contributed by atoms with Crippen LogP contribution in [-0.2, 0) is 14.6 Å². The van der Waals surface area contributed by atoms with Crippen LogP contribution in [0.1, 0.15) is 12.2 Å². The van der Waals surface area contributed by atoms with Gasteiger partial charge in [-0.3, -0.25) is 4.79 Å². The van der Waals surface area contributed by atoms with E-state index in [9.17, 15) is 13.2 Å². The largest absolute Gasteiger partial charge is 0.465 e. The molecule has 0 spiro atoms. The molecule has 6 heteroatoms. The van der Waals surface area contributed by atoms with Crippen LogP contribution in [-0.4, -0.2) is 43.8 Å². The highest BCUT2D eigenvalue weighted by atomic mass is 32.2. The van der Waals surface area contributed by atoms with Crippen molar-refractivity contribution >= 4 is 21.8 Å². The van der Waals surface area contributed by atoms with Crippen molar-refractivity contribution in [3.8, 4) is 0 Å². The van der Waals surface area contributed by atoms with Gasteiger partial charge in [-0.25, -0.2) is 8.42 Å². The fourth-order valence-corrected chi connectivity index (χ4v) is 2.91. The predicted molar refractivity (Wildman–Crippen MR) is 67.6 cm³/mol. The summed E-state index contributed by atoms with van der Waals surface area (Å²) in [6.45, 7) is 0.763. The maximum absolute atomic E-state index is 11.8. The molecule has 1 fully saturated rings. The summed E-state index contributed by atoms with van der Waals surface area (Å²) in [6.07, 6.45) is 6.24. The summed E-state index contributed by atoms with van der Waals surface area (Å²) in [6, 6.07) is 3.48.